The molecule has 1 saturated heterocycles. The van der Waals surface area contributed by atoms with E-state index in [1.165, 1.54) is 0 Å². The molecule has 2 atom stereocenters. The predicted molar refractivity (Wildman–Crippen MR) is 65.0 cm³/mol. The lowest BCUT2D eigenvalue weighted by Crippen LogP contribution is -2.45. The number of carboxylic acids is 1. The first-order chi connectivity index (χ1) is 8.58. The Morgan fingerprint density at radius 3 is 2.78 bits per heavy atom. The molecule has 0 spiro atoms. The highest BCUT2D eigenvalue weighted by molar-refractivity contribution is 5.92. The minimum atomic E-state index is -0.833. The van der Waals surface area contributed by atoms with Crippen LogP contribution in [0, 0.1) is 11.8 Å². The fourth-order valence-electron chi connectivity index (χ4n) is 2.35. The Labute approximate surface area is 105 Å². The molecule has 2 rings (SSSR count). The summed E-state index contributed by atoms with van der Waals surface area (Å²) in [6.45, 7) is 2.84. The molecule has 0 aromatic carbocycles. The number of likely N-dealkylation sites (tertiary alicyclic amines) is 1. The fraction of sp³-hybridized carbons (Fsp3) is 0.462. The van der Waals surface area contributed by atoms with Crippen molar-refractivity contribution in [1.29, 1.82) is 0 Å². The fourth-order valence-corrected chi connectivity index (χ4v) is 2.35. The Morgan fingerprint density at radius 2 is 2.17 bits per heavy atom. The number of hydrogen-bond donors (Lipinski definition) is 1. The third-order valence-corrected chi connectivity index (χ3v) is 3.18. The van der Waals surface area contributed by atoms with E-state index in [9.17, 15) is 9.59 Å². The Kier molecular flexibility index (Phi) is 3.60. The number of hydrogen-bond acceptors (Lipinski definition) is 3. The first-order valence-corrected chi connectivity index (χ1v) is 6.01. The quantitative estimate of drug-likeness (QED) is 0.855. The molecule has 0 bridgehead atoms. The zero-order valence-electron chi connectivity index (χ0n) is 10.2. The van der Waals surface area contributed by atoms with E-state index >= 15 is 0 Å². The van der Waals surface area contributed by atoms with Gasteiger partial charge in [0.25, 0.3) is 5.91 Å². The van der Waals surface area contributed by atoms with Gasteiger partial charge in [0, 0.05) is 19.3 Å². The minimum Gasteiger partial charge on any atom is -0.481 e. The number of nitrogens with zero attached hydrogens (tertiary/aromatic N) is 2. The number of aromatic nitrogens is 1. The molecule has 2 unspecified atom stereocenters. The molecule has 1 aromatic rings. The zero-order chi connectivity index (χ0) is 13.1. The summed E-state index contributed by atoms with van der Waals surface area (Å²) in [5, 5.41) is 9.07. The number of rotatable bonds is 2. The summed E-state index contributed by atoms with van der Waals surface area (Å²) in [6, 6.07) is 5.15. The topological polar surface area (TPSA) is 70.5 Å². The Bertz CT molecular complexity index is 447. The van der Waals surface area contributed by atoms with E-state index in [0.717, 1.165) is 0 Å². The molecule has 5 heteroatoms. The highest BCUT2D eigenvalue weighted by Crippen LogP contribution is 2.22. The van der Waals surface area contributed by atoms with Crippen molar-refractivity contribution in [2.45, 2.75) is 13.3 Å². The third-order valence-electron chi connectivity index (χ3n) is 3.18. The maximum atomic E-state index is 12.2. The predicted octanol–water partition coefficient (Wildman–Crippen LogP) is 1.26. The van der Waals surface area contributed by atoms with Crippen LogP contribution in [0.4, 0.5) is 0 Å². The summed E-state index contributed by atoms with van der Waals surface area (Å²) in [7, 11) is 0. The molecule has 96 valence electrons. The molecule has 0 saturated carbocycles. The van der Waals surface area contributed by atoms with Gasteiger partial charge in [-0.2, -0.15) is 0 Å². The van der Waals surface area contributed by atoms with E-state index in [-0.39, 0.29) is 18.4 Å². The van der Waals surface area contributed by atoms with Gasteiger partial charge in [0.05, 0.1) is 5.92 Å². The SMILES string of the molecule is CC1CC(C(=O)O)CN(C(=O)c2ccccn2)C1. The minimum absolute atomic E-state index is 0.187. The average Bonchev–Trinajstić information content (AvgIpc) is 2.38. The second-order valence-corrected chi connectivity index (χ2v) is 4.80. The number of carboxylic acid groups (broad SMARTS) is 1. The molecule has 18 heavy (non-hydrogen) atoms. The molecule has 5 nitrogen and oxygen atoms in total. The van der Waals surface area contributed by atoms with Crippen LogP contribution < -0.4 is 0 Å². The number of pyridine rings is 1. The van der Waals surface area contributed by atoms with Crippen LogP contribution in [0.15, 0.2) is 24.4 Å². The van der Waals surface area contributed by atoms with E-state index in [4.69, 9.17) is 5.11 Å². The summed E-state index contributed by atoms with van der Waals surface area (Å²) >= 11 is 0. The number of piperidine rings is 1. The molecule has 1 aliphatic heterocycles. The standard InChI is InChI=1S/C13H16N2O3/c1-9-6-10(13(17)18)8-15(7-9)12(16)11-4-2-3-5-14-11/h2-5,9-10H,6-8H2,1H3,(H,17,18). The molecule has 0 aliphatic carbocycles. The van der Waals surface area contributed by atoms with Crippen LogP contribution in [0.1, 0.15) is 23.8 Å². The molecular formula is C13H16N2O3. The Hall–Kier alpha value is -1.91. The van der Waals surface area contributed by atoms with Gasteiger partial charge in [-0.05, 0) is 24.5 Å². The van der Waals surface area contributed by atoms with E-state index in [0.29, 0.717) is 18.7 Å². The van der Waals surface area contributed by atoms with Gasteiger partial charge in [-0.3, -0.25) is 14.6 Å². The van der Waals surface area contributed by atoms with Gasteiger partial charge in [0.1, 0.15) is 5.69 Å². The monoisotopic (exact) mass is 248 g/mol. The lowest BCUT2D eigenvalue weighted by molar-refractivity contribution is -0.143. The number of carbonyl (C=O) groups is 2. The van der Waals surface area contributed by atoms with E-state index in [1.807, 2.05) is 6.92 Å². The number of amides is 1. The first kappa shape index (κ1) is 12.5. The van der Waals surface area contributed by atoms with Crippen LogP contribution >= 0.6 is 0 Å². The normalized spacial score (nSPS) is 23.7. The Morgan fingerprint density at radius 1 is 1.39 bits per heavy atom. The van der Waals surface area contributed by atoms with Crippen LogP contribution in [0.5, 0.6) is 0 Å². The maximum Gasteiger partial charge on any atom is 0.308 e. The summed E-state index contributed by atoms with van der Waals surface area (Å²) in [5.41, 5.74) is 0.371. The van der Waals surface area contributed by atoms with Crippen molar-refractivity contribution in [3.63, 3.8) is 0 Å². The van der Waals surface area contributed by atoms with Gasteiger partial charge in [-0.1, -0.05) is 13.0 Å². The van der Waals surface area contributed by atoms with E-state index < -0.39 is 11.9 Å². The number of carbonyl (C=O) groups excluding carboxylic acids is 1. The summed E-state index contributed by atoms with van der Waals surface area (Å²) in [6.07, 6.45) is 2.19. The average molecular weight is 248 g/mol. The molecule has 1 N–H and O–H groups in total. The highest BCUT2D eigenvalue weighted by Gasteiger charge is 2.32. The van der Waals surface area contributed by atoms with Crippen LogP contribution in [0.2, 0.25) is 0 Å². The molecule has 1 amide bonds. The molecular weight excluding hydrogens is 232 g/mol. The van der Waals surface area contributed by atoms with Crippen molar-refractivity contribution < 1.29 is 14.7 Å². The zero-order valence-corrected chi connectivity index (χ0v) is 10.2. The van der Waals surface area contributed by atoms with Gasteiger partial charge < -0.3 is 10.0 Å². The lowest BCUT2D eigenvalue weighted by atomic mass is 9.90. The molecule has 0 radical (unpaired) electrons. The van der Waals surface area contributed by atoms with Crippen molar-refractivity contribution in [2.75, 3.05) is 13.1 Å². The third kappa shape index (κ3) is 2.67. The Balaban J connectivity index is 2.13. The highest BCUT2D eigenvalue weighted by atomic mass is 16.4. The van der Waals surface area contributed by atoms with Crippen molar-refractivity contribution in [1.82, 2.24) is 9.88 Å². The molecule has 1 aliphatic rings. The van der Waals surface area contributed by atoms with Crippen molar-refractivity contribution in [3.8, 4) is 0 Å². The van der Waals surface area contributed by atoms with Crippen LogP contribution in [0.3, 0.4) is 0 Å². The van der Waals surface area contributed by atoms with Gasteiger partial charge in [0.15, 0.2) is 0 Å². The second kappa shape index (κ2) is 5.16. The van der Waals surface area contributed by atoms with E-state index in [2.05, 4.69) is 4.98 Å². The van der Waals surface area contributed by atoms with Crippen LogP contribution in [-0.4, -0.2) is 40.0 Å². The summed E-state index contributed by atoms with van der Waals surface area (Å²) in [4.78, 5) is 28.8. The maximum absolute atomic E-state index is 12.2. The summed E-state index contributed by atoms with van der Waals surface area (Å²) < 4.78 is 0. The van der Waals surface area contributed by atoms with Crippen molar-refractivity contribution in [2.24, 2.45) is 11.8 Å². The van der Waals surface area contributed by atoms with Gasteiger partial charge in [-0.15, -0.1) is 0 Å². The van der Waals surface area contributed by atoms with Gasteiger partial charge >= 0.3 is 5.97 Å². The van der Waals surface area contributed by atoms with Crippen LogP contribution in [0.25, 0.3) is 0 Å². The summed E-state index contributed by atoms with van der Waals surface area (Å²) in [5.74, 6) is -1.29. The first-order valence-electron chi connectivity index (χ1n) is 6.01. The smallest absolute Gasteiger partial charge is 0.308 e. The number of aliphatic carboxylic acids is 1. The molecule has 2 heterocycles. The second-order valence-electron chi connectivity index (χ2n) is 4.80. The lowest BCUT2D eigenvalue weighted by Gasteiger charge is -2.34. The van der Waals surface area contributed by atoms with Crippen molar-refractivity contribution in [3.05, 3.63) is 30.1 Å². The molecule has 1 aromatic heterocycles. The molecule has 1 fully saturated rings. The van der Waals surface area contributed by atoms with Crippen molar-refractivity contribution >= 4 is 11.9 Å². The van der Waals surface area contributed by atoms with E-state index in [1.54, 1.807) is 29.3 Å². The largest absolute Gasteiger partial charge is 0.481 e. The van der Waals surface area contributed by atoms with Gasteiger partial charge in [-0.25, -0.2) is 0 Å². The van der Waals surface area contributed by atoms with Crippen LogP contribution in [-0.2, 0) is 4.79 Å². The van der Waals surface area contributed by atoms with Gasteiger partial charge in [0.2, 0.25) is 0 Å².